The Morgan fingerprint density at radius 1 is 1.05 bits per heavy atom. The Kier molecular flexibility index (Phi) is 7.02. The summed E-state index contributed by atoms with van der Waals surface area (Å²) in [5.74, 6) is 0.103. The van der Waals surface area contributed by atoms with E-state index in [1.54, 1.807) is 34.7 Å². The highest BCUT2D eigenvalue weighted by atomic mass is 32.2. The van der Waals surface area contributed by atoms with Gasteiger partial charge in [0.25, 0.3) is 5.91 Å². The molecule has 0 spiro atoms. The third-order valence-electron chi connectivity index (χ3n) is 5.75. The minimum atomic E-state index is -0.311. The highest BCUT2D eigenvalue weighted by molar-refractivity contribution is 7.99. The molecule has 2 aromatic carbocycles. The molecule has 0 unspecified atom stereocenters. The monoisotopic (exact) mass is 512 g/mol. The molecule has 0 aliphatic heterocycles. The normalized spacial score (nSPS) is 11.0. The maximum absolute atomic E-state index is 13.3. The molecule has 1 amide bonds. The van der Waals surface area contributed by atoms with Gasteiger partial charge < -0.3 is 20.9 Å². The summed E-state index contributed by atoms with van der Waals surface area (Å²) < 4.78 is 6.95. The zero-order valence-electron chi connectivity index (χ0n) is 20.0. The van der Waals surface area contributed by atoms with Crippen molar-refractivity contribution in [1.29, 1.82) is 0 Å². The number of methoxy groups -OCH3 is 1. The van der Waals surface area contributed by atoms with Crippen LogP contribution in [-0.4, -0.2) is 37.7 Å². The summed E-state index contributed by atoms with van der Waals surface area (Å²) in [6.45, 7) is 0.268. The average Bonchev–Trinajstić information content (AvgIpc) is 3.31. The molecule has 0 fully saturated rings. The first-order valence-corrected chi connectivity index (χ1v) is 12.3. The van der Waals surface area contributed by atoms with Gasteiger partial charge in [-0.15, -0.1) is 5.10 Å². The average molecular weight is 513 g/mol. The van der Waals surface area contributed by atoms with Crippen LogP contribution in [0.1, 0.15) is 21.5 Å². The summed E-state index contributed by atoms with van der Waals surface area (Å²) in [5.41, 5.74) is 9.95. The third-order valence-corrected chi connectivity index (χ3v) is 6.99. The Balaban J connectivity index is 1.37. The van der Waals surface area contributed by atoms with E-state index in [-0.39, 0.29) is 24.3 Å². The number of fused-ring (bicyclic) bond motifs is 1. The minimum absolute atomic E-state index is 0.0391. The largest absolute Gasteiger partial charge is 0.480 e. The van der Waals surface area contributed by atoms with Crippen molar-refractivity contribution < 1.29 is 14.6 Å². The summed E-state index contributed by atoms with van der Waals surface area (Å²) in [6, 6.07) is 21.0. The van der Waals surface area contributed by atoms with Gasteiger partial charge in [0.05, 0.1) is 13.7 Å². The number of pyridine rings is 2. The summed E-state index contributed by atoms with van der Waals surface area (Å²) in [7, 11) is 1.48. The molecule has 0 saturated carbocycles. The molecule has 5 rings (SSSR count). The Hall–Kier alpha value is -4.41. The van der Waals surface area contributed by atoms with E-state index >= 15 is 0 Å². The molecule has 186 valence electrons. The quantitative estimate of drug-likeness (QED) is 0.285. The smallest absolute Gasteiger partial charge is 0.257 e. The molecule has 0 aliphatic rings. The first-order valence-electron chi connectivity index (χ1n) is 11.4. The van der Waals surface area contributed by atoms with Crippen LogP contribution in [0.5, 0.6) is 5.88 Å². The molecular weight excluding hydrogens is 488 g/mol. The fraction of sp³-hybridized carbons (Fsp3) is 0.111. The van der Waals surface area contributed by atoms with Crippen LogP contribution in [-0.2, 0) is 13.2 Å². The molecule has 0 aliphatic carbocycles. The van der Waals surface area contributed by atoms with E-state index in [4.69, 9.17) is 10.5 Å². The van der Waals surface area contributed by atoms with Crippen molar-refractivity contribution >= 4 is 29.3 Å². The lowest BCUT2D eigenvalue weighted by Crippen LogP contribution is -2.24. The Bertz CT molecular complexity index is 1590. The number of ether oxygens (including phenoxy) is 1. The lowest BCUT2D eigenvalue weighted by Gasteiger charge is -2.13. The first-order chi connectivity index (χ1) is 18.1. The van der Waals surface area contributed by atoms with Gasteiger partial charge in [-0.2, -0.15) is 4.98 Å². The van der Waals surface area contributed by atoms with E-state index in [0.717, 1.165) is 32.0 Å². The summed E-state index contributed by atoms with van der Waals surface area (Å²) in [4.78, 5) is 23.7. The van der Waals surface area contributed by atoms with Crippen LogP contribution >= 0.6 is 11.8 Å². The second-order valence-electron chi connectivity index (χ2n) is 8.13. The number of rotatable bonds is 8. The van der Waals surface area contributed by atoms with Crippen molar-refractivity contribution in [2.75, 3.05) is 12.8 Å². The number of nitrogens with zero attached hydrogens (tertiary/aromatic N) is 4. The second-order valence-corrected chi connectivity index (χ2v) is 9.21. The van der Waals surface area contributed by atoms with Crippen LogP contribution in [0.2, 0.25) is 0 Å². The molecule has 0 saturated heterocycles. The standard InChI is InChI=1S/C27H24N6O3S/c1-36-26-21(12-20(15-30-26)17-10-11-33-24(13-17)31-27(28)32-33)25(35)29-14-18-6-2-4-8-22(18)37-23-9-5-3-7-19(23)16-34/h2-13,15,34H,14,16H2,1H3,(H2,28,32)(H,29,35). The SMILES string of the molecule is COc1ncc(-c2ccn3nc(N)nc3c2)cc1C(=O)NCc1ccccc1Sc1ccccc1CO. The molecule has 5 aromatic rings. The molecule has 0 bridgehead atoms. The molecule has 9 nitrogen and oxygen atoms in total. The number of anilines is 1. The third kappa shape index (κ3) is 5.25. The predicted octanol–water partition coefficient (Wildman–Crippen LogP) is 3.96. The van der Waals surface area contributed by atoms with Gasteiger partial charge in [0, 0.05) is 34.3 Å². The molecule has 3 aromatic heterocycles. The molecule has 0 atom stereocenters. The van der Waals surface area contributed by atoms with Crippen LogP contribution in [0.15, 0.2) is 88.9 Å². The number of aliphatic hydroxyl groups excluding tert-OH is 1. The van der Waals surface area contributed by atoms with E-state index in [9.17, 15) is 9.90 Å². The summed E-state index contributed by atoms with van der Waals surface area (Å²) in [6.07, 6.45) is 3.40. The fourth-order valence-corrected chi connectivity index (χ4v) is 4.95. The highest BCUT2D eigenvalue weighted by Gasteiger charge is 2.17. The van der Waals surface area contributed by atoms with E-state index in [2.05, 4.69) is 20.4 Å². The van der Waals surface area contributed by atoms with E-state index in [1.807, 2.05) is 60.7 Å². The van der Waals surface area contributed by atoms with Crippen LogP contribution < -0.4 is 15.8 Å². The molecule has 10 heteroatoms. The van der Waals surface area contributed by atoms with Gasteiger partial charge in [0.1, 0.15) is 5.56 Å². The summed E-state index contributed by atoms with van der Waals surface area (Å²) in [5, 5.41) is 16.8. The molecule has 3 heterocycles. The van der Waals surface area contributed by atoms with Gasteiger partial charge >= 0.3 is 0 Å². The van der Waals surface area contributed by atoms with E-state index in [1.165, 1.54) is 7.11 Å². The number of nitrogens with two attached hydrogens (primary N) is 1. The number of aliphatic hydroxyl groups is 1. The number of nitrogen functional groups attached to an aromatic ring is 1. The second kappa shape index (κ2) is 10.7. The number of hydrogen-bond donors (Lipinski definition) is 3. The zero-order chi connectivity index (χ0) is 25.8. The molecule has 4 N–H and O–H groups in total. The number of amides is 1. The van der Waals surface area contributed by atoms with Crippen molar-refractivity contribution in [2.24, 2.45) is 0 Å². The molecular formula is C27H24N6O3S. The summed E-state index contributed by atoms with van der Waals surface area (Å²) >= 11 is 1.55. The number of carbonyl (C=O) groups excluding carboxylic acids is 1. The number of nitrogens with one attached hydrogen (secondary N) is 1. The van der Waals surface area contributed by atoms with Gasteiger partial charge in [0.15, 0.2) is 5.65 Å². The Labute approximate surface area is 217 Å². The minimum Gasteiger partial charge on any atom is -0.480 e. The first kappa shape index (κ1) is 24.3. The maximum atomic E-state index is 13.3. The van der Waals surface area contributed by atoms with Crippen molar-refractivity contribution in [1.82, 2.24) is 24.9 Å². The van der Waals surface area contributed by atoms with Crippen molar-refractivity contribution in [3.8, 4) is 17.0 Å². The number of hydrogen-bond acceptors (Lipinski definition) is 8. The van der Waals surface area contributed by atoms with Crippen LogP contribution in [0.4, 0.5) is 5.95 Å². The lowest BCUT2D eigenvalue weighted by atomic mass is 10.1. The topological polar surface area (TPSA) is 128 Å². The molecule has 37 heavy (non-hydrogen) atoms. The van der Waals surface area contributed by atoms with Crippen LogP contribution in [0.3, 0.4) is 0 Å². The number of aromatic nitrogens is 4. The predicted molar refractivity (Wildman–Crippen MR) is 141 cm³/mol. The fourth-order valence-electron chi connectivity index (χ4n) is 3.89. The Morgan fingerprint density at radius 3 is 2.54 bits per heavy atom. The zero-order valence-corrected chi connectivity index (χ0v) is 20.8. The van der Waals surface area contributed by atoms with E-state index < -0.39 is 0 Å². The van der Waals surface area contributed by atoms with Crippen molar-refractivity contribution in [3.63, 3.8) is 0 Å². The maximum Gasteiger partial charge on any atom is 0.257 e. The van der Waals surface area contributed by atoms with Gasteiger partial charge in [0.2, 0.25) is 11.8 Å². The molecule has 0 radical (unpaired) electrons. The number of carbonyl (C=O) groups is 1. The van der Waals surface area contributed by atoms with Crippen molar-refractivity contribution in [3.05, 3.63) is 95.8 Å². The van der Waals surface area contributed by atoms with Gasteiger partial charge in [-0.3, -0.25) is 4.79 Å². The Morgan fingerprint density at radius 2 is 1.78 bits per heavy atom. The lowest BCUT2D eigenvalue weighted by molar-refractivity contribution is 0.0947. The van der Waals surface area contributed by atoms with Gasteiger partial charge in [-0.05, 0) is 47.0 Å². The van der Waals surface area contributed by atoms with Gasteiger partial charge in [-0.25, -0.2) is 9.50 Å². The number of benzene rings is 2. The van der Waals surface area contributed by atoms with Gasteiger partial charge in [-0.1, -0.05) is 48.2 Å². The highest BCUT2D eigenvalue weighted by Crippen LogP contribution is 2.33. The van der Waals surface area contributed by atoms with Crippen LogP contribution in [0, 0.1) is 0 Å². The van der Waals surface area contributed by atoms with Crippen molar-refractivity contribution in [2.45, 2.75) is 22.9 Å². The van der Waals surface area contributed by atoms with Crippen LogP contribution in [0.25, 0.3) is 16.8 Å². The van der Waals surface area contributed by atoms with E-state index in [0.29, 0.717) is 17.8 Å².